The van der Waals surface area contributed by atoms with Crippen LogP contribution in [0.25, 0.3) is 0 Å². The highest BCUT2D eigenvalue weighted by Gasteiger charge is 2.11. The monoisotopic (exact) mass is 348 g/mol. The summed E-state index contributed by atoms with van der Waals surface area (Å²) in [6.07, 6.45) is 0. The minimum absolute atomic E-state index is 0.571. The Labute approximate surface area is 149 Å². The minimum Gasteiger partial charge on any atom is -0.491 e. The second-order valence-corrected chi connectivity index (χ2v) is 5.88. The Balaban J connectivity index is 1.88. The molecular formula is C19H25ClN2O2. The molecule has 0 amide bonds. The molecular weight excluding hydrogens is 324 g/mol. The van der Waals surface area contributed by atoms with Gasteiger partial charge < -0.3 is 19.7 Å². The average Bonchev–Trinajstić information content (AvgIpc) is 2.59. The molecule has 0 saturated heterocycles. The second-order valence-electron chi connectivity index (χ2n) is 5.48. The summed E-state index contributed by atoms with van der Waals surface area (Å²) >= 11 is 6.27. The largest absolute Gasteiger partial charge is 0.491 e. The van der Waals surface area contributed by atoms with Gasteiger partial charge in [0.1, 0.15) is 0 Å². The number of methoxy groups -OCH3 is 1. The van der Waals surface area contributed by atoms with Crippen molar-refractivity contribution in [3.8, 4) is 11.5 Å². The quantitative estimate of drug-likeness (QED) is 0.695. The number of anilines is 1. The number of nitrogens with zero attached hydrogens (tertiary/aromatic N) is 1. The number of likely N-dealkylation sites (N-methyl/N-ethyl adjacent to an activating group) is 1. The molecule has 0 aliphatic carbocycles. The number of nitrogens with one attached hydrogen (secondary N) is 1. The van der Waals surface area contributed by atoms with Crippen molar-refractivity contribution < 1.29 is 9.47 Å². The maximum atomic E-state index is 6.27. The van der Waals surface area contributed by atoms with Crippen molar-refractivity contribution in [3.05, 3.63) is 53.1 Å². The van der Waals surface area contributed by atoms with Gasteiger partial charge in [-0.1, -0.05) is 29.8 Å². The normalized spacial score (nSPS) is 10.5. The summed E-state index contributed by atoms with van der Waals surface area (Å²) in [5.74, 6) is 1.27. The van der Waals surface area contributed by atoms with Crippen molar-refractivity contribution >= 4 is 17.3 Å². The van der Waals surface area contributed by atoms with Crippen LogP contribution in [0.4, 0.5) is 5.69 Å². The lowest BCUT2D eigenvalue weighted by Crippen LogP contribution is -2.28. The lowest BCUT2D eigenvalue weighted by molar-refractivity contribution is 0.310. The van der Waals surface area contributed by atoms with Crippen LogP contribution in [-0.2, 0) is 6.54 Å². The lowest BCUT2D eigenvalue weighted by Gasteiger charge is -2.19. The first kappa shape index (κ1) is 18.4. The molecule has 0 aliphatic rings. The molecule has 0 saturated carbocycles. The molecule has 0 spiro atoms. The first-order valence-electron chi connectivity index (χ1n) is 8.11. The van der Waals surface area contributed by atoms with Crippen LogP contribution in [0.1, 0.15) is 12.5 Å². The Hall–Kier alpha value is -1.91. The summed E-state index contributed by atoms with van der Waals surface area (Å²) in [5, 5.41) is 4.01. The standard InChI is InChI=1S/C19H25ClN2O2/c1-4-24-18-13-15(12-17(20)19(18)23-3)14-21-10-11-22(2)16-8-6-5-7-9-16/h5-9,12-13,21H,4,10-11,14H2,1-3H3. The molecule has 5 heteroatoms. The van der Waals surface area contributed by atoms with Gasteiger partial charge in [0, 0.05) is 32.4 Å². The van der Waals surface area contributed by atoms with Crippen molar-refractivity contribution in [2.24, 2.45) is 0 Å². The van der Waals surface area contributed by atoms with E-state index in [9.17, 15) is 0 Å². The molecule has 0 atom stereocenters. The maximum absolute atomic E-state index is 6.27. The highest BCUT2D eigenvalue weighted by Crippen LogP contribution is 2.36. The van der Waals surface area contributed by atoms with Gasteiger partial charge in [0.25, 0.3) is 0 Å². The minimum atomic E-state index is 0.571. The fraction of sp³-hybridized carbons (Fsp3) is 0.368. The molecule has 2 aromatic carbocycles. The van der Waals surface area contributed by atoms with Gasteiger partial charge in [0.05, 0.1) is 18.7 Å². The van der Waals surface area contributed by atoms with Crippen LogP contribution in [0.2, 0.25) is 5.02 Å². The third-order valence-electron chi connectivity index (χ3n) is 3.72. The number of hydrogen-bond donors (Lipinski definition) is 1. The van der Waals surface area contributed by atoms with Crippen molar-refractivity contribution in [2.45, 2.75) is 13.5 Å². The first-order valence-corrected chi connectivity index (χ1v) is 8.49. The fourth-order valence-corrected chi connectivity index (χ4v) is 2.79. The summed E-state index contributed by atoms with van der Waals surface area (Å²) in [6.45, 7) is 5.04. The Morgan fingerprint density at radius 3 is 2.58 bits per heavy atom. The summed E-state index contributed by atoms with van der Waals surface area (Å²) in [7, 11) is 3.69. The van der Waals surface area contributed by atoms with E-state index in [0.29, 0.717) is 23.1 Å². The van der Waals surface area contributed by atoms with Gasteiger partial charge in [-0.3, -0.25) is 0 Å². The SMILES string of the molecule is CCOc1cc(CNCCN(C)c2ccccc2)cc(Cl)c1OC. The number of benzene rings is 2. The Morgan fingerprint density at radius 2 is 1.92 bits per heavy atom. The molecule has 0 radical (unpaired) electrons. The van der Waals surface area contributed by atoms with Gasteiger partial charge in [-0.05, 0) is 36.8 Å². The average molecular weight is 349 g/mol. The van der Waals surface area contributed by atoms with Crippen molar-refractivity contribution in [1.82, 2.24) is 5.32 Å². The van der Waals surface area contributed by atoms with Crippen molar-refractivity contribution in [3.63, 3.8) is 0 Å². The number of hydrogen-bond acceptors (Lipinski definition) is 4. The molecule has 2 rings (SSSR count). The van der Waals surface area contributed by atoms with E-state index in [1.54, 1.807) is 7.11 Å². The third-order valence-corrected chi connectivity index (χ3v) is 4.00. The van der Waals surface area contributed by atoms with E-state index in [2.05, 4.69) is 29.4 Å². The van der Waals surface area contributed by atoms with Gasteiger partial charge in [0.15, 0.2) is 11.5 Å². The first-order chi connectivity index (χ1) is 11.7. The van der Waals surface area contributed by atoms with Gasteiger partial charge in [-0.2, -0.15) is 0 Å². The molecule has 0 bridgehead atoms. The van der Waals surface area contributed by atoms with Crippen LogP contribution in [0.3, 0.4) is 0 Å². The van der Waals surface area contributed by atoms with E-state index in [4.69, 9.17) is 21.1 Å². The van der Waals surface area contributed by atoms with Crippen LogP contribution in [-0.4, -0.2) is 33.9 Å². The predicted octanol–water partition coefficient (Wildman–Crippen LogP) is 3.97. The second kappa shape index (κ2) is 9.40. The van der Waals surface area contributed by atoms with E-state index in [-0.39, 0.29) is 0 Å². The van der Waals surface area contributed by atoms with Crippen LogP contribution < -0.4 is 19.7 Å². The number of para-hydroxylation sites is 1. The van der Waals surface area contributed by atoms with Gasteiger partial charge in [-0.25, -0.2) is 0 Å². The van der Waals surface area contributed by atoms with Gasteiger partial charge in [0.2, 0.25) is 0 Å². The molecule has 2 aromatic rings. The van der Waals surface area contributed by atoms with Crippen LogP contribution in [0.15, 0.2) is 42.5 Å². The zero-order chi connectivity index (χ0) is 17.4. The smallest absolute Gasteiger partial charge is 0.179 e. The van der Waals surface area contributed by atoms with E-state index in [1.165, 1.54) is 5.69 Å². The summed E-state index contributed by atoms with van der Waals surface area (Å²) in [4.78, 5) is 2.22. The highest BCUT2D eigenvalue weighted by atomic mass is 35.5. The summed E-state index contributed by atoms with van der Waals surface area (Å²) in [6, 6.07) is 14.2. The Kier molecular flexibility index (Phi) is 7.22. The van der Waals surface area contributed by atoms with E-state index >= 15 is 0 Å². The van der Waals surface area contributed by atoms with Crippen LogP contribution in [0, 0.1) is 0 Å². The van der Waals surface area contributed by atoms with E-state index in [1.807, 2.05) is 37.3 Å². The van der Waals surface area contributed by atoms with Crippen LogP contribution >= 0.6 is 11.6 Å². The molecule has 130 valence electrons. The fourth-order valence-electron chi connectivity index (χ4n) is 2.48. The molecule has 4 nitrogen and oxygen atoms in total. The van der Waals surface area contributed by atoms with Crippen molar-refractivity contribution in [2.75, 3.05) is 38.8 Å². The molecule has 0 unspecified atom stereocenters. The molecule has 0 fully saturated rings. The molecule has 0 heterocycles. The zero-order valence-corrected chi connectivity index (χ0v) is 15.3. The third kappa shape index (κ3) is 5.05. The Bertz CT molecular complexity index is 635. The van der Waals surface area contributed by atoms with Crippen LogP contribution in [0.5, 0.6) is 11.5 Å². The highest BCUT2D eigenvalue weighted by molar-refractivity contribution is 6.32. The lowest BCUT2D eigenvalue weighted by atomic mass is 10.2. The zero-order valence-electron chi connectivity index (χ0n) is 14.5. The predicted molar refractivity (Wildman–Crippen MR) is 101 cm³/mol. The summed E-state index contributed by atoms with van der Waals surface area (Å²) in [5.41, 5.74) is 2.29. The Morgan fingerprint density at radius 1 is 1.17 bits per heavy atom. The number of rotatable bonds is 9. The van der Waals surface area contributed by atoms with Gasteiger partial charge in [-0.15, -0.1) is 0 Å². The number of halogens is 1. The molecule has 1 N–H and O–H groups in total. The molecule has 0 aromatic heterocycles. The maximum Gasteiger partial charge on any atom is 0.179 e. The summed E-state index contributed by atoms with van der Waals surface area (Å²) < 4.78 is 10.9. The van der Waals surface area contributed by atoms with E-state index in [0.717, 1.165) is 25.2 Å². The van der Waals surface area contributed by atoms with Crippen molar-refractivity contribution in [1.29, 1.82) is 0 Å². The van der Waals surface area contributed by atoms with E-state index < -0.39 is 0 Å². The topological polar surface area (TPSA) is 33.7 Å². The number of ether oxygens (including phenoxy) is 2. The molecule has 24 heavy (non-hydrogen) atoms. The molecule has 0 aliphatic heterocycles. The van der Waals surface area contributed by atoms with Gasteiger partial charge >= 0.3 is 0 Å².